The van der Waals surface area contributed by atoms with E-state index in [-0.39, 0.29) is 28.9 Å². The zero-order chi connectivity index (χ0) is 23.1. The summed E-state index contributed by atoms with van der Waals surface area (Å²) < 4.78 is 10.8. The van der Waals surface area contributed by atoms with E-state index in [0.29, 0.717) is 29.3 Å². The van der Waals surface area contributed by atoms with E-state index in [1.54, 1.807) is 42.5 Å². The van der Waals surface area contributed by atoms with Crippen molar-refractivity contribution < 1.29 is 29.3 Å². The number of carbonyl (C=O) groups is 2. The highest BCUT2D eigenvalue weighted by Gasteiger charge is 2.74. The molecule has 2 aromatic rings. The normalized spacial score (nSPS) is 27.9. The molecule has 2 atom stereocenters. The molecule has 166 valence electrons. The molecule has 2 N–H and O–H groups in total. The van der Waals surface area contributed by atoms with E-state index in [1.165, 1.54) is 19.1 Å². The zero-order valence-electron chi connectivity index (χ0n) is 18.4. The number of Topliss-reactive ketones (excluding diaryl/α,β-unsaturated/α-hetero) is 2. The quantitative estimate of drug-likeness (QED) is 0.765. The van der Waals surface area contributed by atoms with E-state index >= 15 is 0 Å². The van der Waals surface area contributed by atoms with Crippen molar-refractivity contribution in [1.82, 2.24) is 0 Å². The van der Waals surface area contributed by atoms with Crippen LogP contribution in [0, 0.1) is 5.41 Å². The first kappa shape index (κ1) is 20.7. The van der Waals surface area contributed by atoms with Gasteiger partial charge in [-0.2, -0.15) is 0 Å². The Hall–Kier alpha value is -3.16. The lowest BCUT2D eigenvalue weighted by Crippen LogP contribution is -2.58. The summed E-state index contributed by atoms with van der Waals surface area (Å²) in [5.74, 6) is -0.0829. The number of hydrogen-bond donors (Lipinski definition) is 2. The van der Waals surface area contributed by atoms with Crippen molar-refractivity contribution in [1.29, 1.82) is 0 Å². The van der Waals surface area contributed by atoms with Crippen molar-refractivity contribution >= 4 is 17.3 Å². The molecule has 0 saturated heterocycles. The molecule has 32 heavy (non-hydrogen) atoms. The molecule has 0 unspecified atom stereocenters. The topological polar surface area (TPSA) is 96.3 Å². The fourth-order valence-corrected chi connectivity index (χ4v) is 5.49. The van der Waals surface area contributed by atoms with Gasteiger partial charge in [-0.3, -0.25) is 9.59 Å². The number of ketones is 2. The van der Waals surface area contributed by atoms with Gasteiger partial charge in [-0.25, -0.2) is 0 Å². The number of rotatable bonds is 3. The first-order chi connectivity index (χ1) is 15.1. The van der Waals surface area contributed by atoms with Gasteiger partial charge >= 0.3 is 0 Å². The number of fused-ring (bicyclic) bond motifs is 4. The third-order valence-corrected chi connectivity index (χ3v) is 6.81. The Morgan fingerprint density at radius 2 is 1.62 bits per heavy atom. The maximum Gasteiger partial charge on any atom is 0.211 e. The molecule has 5 rings (SSSR count). The van der Waals surface area contributed by atoms with Crippen molar-refractivity contribution in [2.45, 2.75) is 38.0 Å². The highest BCUT2D eigenvalue weighted by atomic mass is 16.5. The molecule has 0 aromatic heterocycles. The monoisotopic (exact) mass is 435 g/mol. The molecule has 0 bridgehead atoms. The fourth-order valence-electron chi connectivity index (χ4n) is 5.49. The summed E-state index contributed by atoms with van der Waals surface area (Å²) in [5, 5.41) is 24.1. The summed E-state index contributed by atoms with van der Waals surface area (Å²) in [6.07, 6.45) is 0.579. The van der Waals surface area contributed by atoms with Crippen molar-refractivity contribution in [3.63, 3.8) is 0 Å². The largest absolute Gasteiger partial charge is 0.493 e. The number of nitrogens with zero attached hydrogens (tertiary/aromatic N) is 1. The number of allylic oxidation sites excluding steroid dienone is 1. The van der Waals surface area contributed by atoms with Crippen LogP contribution in [-0.2, 0) is 10.5 Å². The van der Waals surface area contributed by atoms with E-state index in [2.05, 4.69) is 0 Å². The van der Waals surface area contributed by atoms with Crippen LogP contribution in [-0.4, -0.2) is 41.6 Å². The van der Waals surface area contributed by atoms with E-state index < -0.39 is 22.5 Å². The number of carbonyl (C=O) groups excluding carboxylic acids is 2. The lowest BCUT2D eigenvalue weighted by molar-refractivity contribution is -0.124. The van der Waals surface area contributed by atoms with Crippen LogP contribution < -0.4 is 14.4 Å². The highest BCUT2D eigenvalue weighted by molar-refractivity contribution is 6.19. The predicted molar refractivity (Wildman–Crippen MR) is 117 cm³/mol. The van der Waals surface area contributed by atoms with E-state index in [4.69, 9.17) is 9.47 Å². The van der Waals surface area contributed by atoms with Gasteiger partial charge in [-0.15, -0.1) is 0 Å². The molecule has 0 spiro atoms. The number of aliphatic hydroxyl groups is 2. The number of ether oxygens (including phenoxy) is 2. The maximum absolute atomic E-state index is 13.5. The second kappa shape index (κ2) is 6.43. The minimum absolute atomic E-state index is 0.0182. The summed E-state index contributed by atoms with van der Waals surface area (Å²) in [6.45, 7) is 3.92. The lowest BCUT2D eigenvalue weighted by atomic mass is 9.72. The smallest absolute Gasteiger partial charge is 0.211 e. The number of methoxy groups -OCH3 is 2. The van der Waals surface area contributed by atoms with Crippen LogP contribution in [0.2, 0.25) is 0 Å². The van der Waals surface area contributed by atoms with Gasteiger partial charge in [-0.1, -0.05) is 38.1 Å². The third-order valence-electron chi connectivity index (χ3n) is 6.81. The Labute approximate surface area is 185 Å². The second-order valence-corrected chi connectivity index (χ2v) is 9.39. The molecule has 2 aliphatic carbocycles. The fraction of sp³-hybridized carbons (Fsp3) is 0.360. The first-order valence-corrected chi connectivity index (χ1v) is 10.5. The Kier molecular flexibility index (Phi) is 4.17. The summed E-state index contributed by atoms with van der Waals surface area (Å²) in [7, 11) is 3.03. The maximum atomic E-state index is 13.5. The minimum Gasteiger partial charge on any atom is -0.493 e. The molecule has 0 fully saturated rings. The van der Waals surface area contributed by atoms with Crippen molar-refractivity contribution in [3.05, 3.63) is 64.9 Å². The number of anilines is 1. The van der Waals surface area contributed by atoms with Gasteiger partial charge in [-0.05, 0) is 24.0 Å². The molecular weight excluding hydrogens is 410 g/mol. The van der Waals surface area contributed by atoms with Gasteiger partial charge in [0.25, 0.3) is 0 Å². The molecular formula is C25H25NO6. The summed E-state index contributed by atoms with van der Waals surface area (Å²) in [5.41, 5.74) is -3.59. The van der Waals surface area contributed by atoms with Gasteiger partial charge in [0.05, 0.1) is 19.8 Å². The second-order valence-electron chi connectivity index (χ2n) is 9.39. The third kappa shape index (κ3) is 2.32. The number of benzene rings is 2. The molecule has 3 aliphatic rings. The molecule has 0 radical (unpaired) electrons. The van der Waals surface area contributed by atoms with Gasteiger partial charge in [0, 0.05) is 35.0 Å². The molecule has 0 saturated carbocycles. The van der Waals surface area contributed by atoms with Crippen molar-refractivity contribution in [2.24, 2.45) is 5.41 Å². The van der Waals surface area contributed by atoms with Gasteiger partial charge in [0.1, 0.15) is 0 Å². The lowest BCUT2D eigenvalue weighted by Gasteiger charge is -2.41. The summed E-state index contributed by atoms with van der Waals surface area (Å²) >= 11 is 0. The summed E-state index contributed by atoms with van der Waals surface area (Å²) in [6, 6.07) is 11.6. The molecule has 7 heteroatoms. The van der Waals surface area contributed by atoms with Gasteiger partial charge in [0.2, 0.25) is 17.1 Å². The molecule has 2 aromatic carbocycles. The van der Waals surface area contributed by atoms with Gasteiger partial charge in [0.15, 0.2) is 17.3 Å². The van der Waals surface area contributed by atoms with Crippen molar-refractivity contribution in [2.75, 3.05) is 19.1 Å². The van der Waals surface area contributed by atoms with Crippen LogP contribution in [0.1, 0.15) is 42.6 Å². The molecule has 1 aliphatic heterocycles. The molecule has 7 nitrogen and oxygen atoms in total. The van der Waals surface area contributed by atoms with Crippen LogP contribution in [0.4, 0.5) is 5.69 Å². The van der Waals surface area contributed by atoms with Crippen LogP contribution in [0.25, 0.3) is 0 Å². The van der Waals surface area contributed by atoms with Crippen LogP contribution >= 0.6 is 0 Å². The van der Waals surface area contributed by atoms with Crippen LogP contribution in [0.5, 0.6) is 11.5 Å². The molecule has 0 amide bonds. The van der Waals surface area contributed by atoms with Gasteiger partial charge < -0.3 is 24.6 Å². The zero-order valence-corrected chi connectivity index (χ0v) is 18.4. The standard InChI is InChI=1S/C25H25NO6/c1-23(2)12-17-21(18(27)13-23)24(29)22(28)15-7-5-6-8-16(15)25(24,30)26(17)14-9-10-19(31-3)20(11-14)32-4/h5-11,29-30H,12-13H2,1-4H3/t24-,25+/m0/s1. The van der Waals surface area contributed by atoms with Crippen molar-refractivity contribution in [3.8, 4) is 11.5 Å². The average molecular weight is 435 g/mol. The first-order valence-electron chi connectivity index (χ1n) is 10.5. The van der Waals surface area contributed by atoms with E-state index in [9.17, 15) is 19.8 Å². The Balaban J connectivity index is 1.84. The highest BCUT2D eigenvalue weighted by Crippen LogP contribution is 2.61. The molecule has 1 heterocycles. The SMILES string of the molecule is COc1ccc(N2C3=C(C(=O)CC(C)(C)C3)[C@]3(O)C(=O)c4ccccc4[C@]23O)cc1OC. The number of hydrogen-bond acceptors (Lipinski definition) is 7. The van der Waals surface area contributed by atoms with Crippen LogP contribution in [0.15, 0.2) is 53.7 Å². The predicted octanol–water partition coefficient (Wildman–Crippen LogP) is 2.94. The van der Waals surface area contributed by atoms with E-state index in [0.717, 1.165) is 0 Å². The van der Waals surface area contributed by atoms with E-state index in [1.807, 2.05) is 13.8 Å². The van der Waals surface area contributed by atoms with Crippen LogP contribution in [0.3, 0.4) is 0 Å². The summed E-state index contributed by atoms with van der Waals surface area (Å²) in [4.78, 5) is 28.4. The Morgan fingerprint density at radius 3 is 2.31 bits per heavy atom. The average Bonchev–Trinajstić information content (AvgIpc) is 3.06. The Morgan fingerprint density at radius 1 is 0.938 bits per heavy atom. The minimum atomic E-state index is -2.40. The Bertz CT molecular complexity index is 1210.